The van der Waals surface area contributed by atoms with E-state index in [4.69, 9.17) is 0 Å². The van der Waals surface area contributed by atoms with Crippen LogP contribution in [0.2, 0.25) is 0 Å². The second kappa shape index (κ2) is 18.9. The van der Waals surface area contributed by atoms with Crippen molar-refractivity contribution >= 4 is 0 Å². The minimum Gasteiger partial charge on any atom is -0.852 e. The summed E-state index contributed by atoms with van der Waals surface area (Å²) in [6, 6.07) is 0. The molecule has 0 unspecified atom stereocenters. The maximum absolute atomic E-state index is 9.53. The first-order chi connectivity index (χ1) is 5.20. The largest absolute Gasteiger partial charge is 0.852 e. The molecule has 83 valence electrons. The molecule has 13 heavy (non-hydrogen) atoms. The normalized spacial score (nSPS) is 8.31. The molecule has 0 aliphatic rings. The molecule has 0 aliphatic carbocycles. The van der Waals surface area contributed by atoms with Crippen LogP contribution >= 0.6 is 0 Å². The van der Waals surface area contributed by atoms with Crippen LogP contribution in [-0.4, -0.2) is 18.3 Å². The molecule has 0 aromatic rings. The van der Waals surface area contributed by atoms with Crippen LogP contribution in [0.1, 0.15) is 41.5 Å². The van der Waals surface area contributed by atoms with Gasteiger partial charge in [-0.15, -0.1) is 18.3 Å². The molecule has 0 aromatic carbocycles. The van der Waals surface area contributed by atoms with Gasteiger partial charge in [0.1, 0.15) is 0 Å². The maximum atomic E-state index is 9.53. The van der Waals surface area contributed by atoms with Crippen LogP contribution in [0.3, 0.4) is 0 Å². The minimum atomic E-state index is -0.417. The van der Waals surface area contributed by atoms with Crippen LogP contribution in [-0.2, 0) is 0 Å². The summed E-state index contributed by atoms with van der Waals surface area (Å²) in [5.41, 5.74) is 0. The summed E-state index contributed by atoms with van der Waals surface area (Å²) < 4.78 is 0. The number of hydrogen-bond acceptors (Lipinski definition) is 3. The summed E-state index contributed by atoms with van der Waals surface area (Å²) in [6.07, 6.45) is -1.25. The van der Waals surface area contributed by atoms with E-state index >= 15 is 0 Å². The summed E-state index contributed by atoms with van der Waals surface area (Å²) in [4.78, 5) is 0. The van der Waals surface area contributed by atoms with Crippen molar-refractivity contribution in [1.82, 2.24) is 0 Å². The van der Waals surface area contributed by atoms with Gasteiger partial charge in [-0.1, -0.05) is 41.5 Å². The molecule has 0 aromatic heterocycles. The summed E-state index contributed by atoms with van der Waals surface area (Å²) in [7, 11) is 0. The van der Waals surface area contributed by atoms with E-state index in [1.165, 1.54) is 0 Å². The molecule has 0 saturated carbocycles. The van der Waals surface area contributed by atoms with Gasteiger partial charge in [-0.25, -0.2) is 0 Å². The van der Waals surface area contributed by atoms with Crippen LogP contribution in [0.25, 0.3) is 0 Å². The van der Waals surface area contributed by atoms with Gasteiger partial charge in [0.05, 0.1) is 0 Å². The quantitative estimate of drug-likeness (QED) is 0.590. The first-order valence-electron chi connectivity index (χ1n) is 4.17. The average Bonchev–Trinajstić information content (AvgIpc) is 1.54. The minimum absolute atomic E-state index is 0. The van der Waals surface area contributed by atoms with Crippen LogP contribution < -0.4 is 15.3 Å². The van der Waals surface area contributed by atoms with Crippen LogP contribution in [0.5, 0.6) is 0 Å². The second-order valence-corrected chi connectivity index (χ2v) is 3.15. The molecule has 0 amide bonds. The van der Waals surface area contributed by atoms with Crippen molar-refractivity contribution in [3.8, 4) is 0 Å². The molecule has 3 nitrogen and oxygen atoms in total. The van der Waals surface area contributed by atoms with Gasteiger partial charge in [-0.2, -0.15) is 0 Å². The Morgan fingerprint density at radius 2 is 0.538 bits per heavy atom. The van der Waals surface area contributed by atoms with Crippen molar-refractivity contribution in [2.75, 3.05) is 0 Å². The first-order valence-corrected chi connectivity index (χ1v) is 4.17. The molecule has 0 bridgehead atoms. The Balaban J connectivity index is -0.0000000450. The predicted octanol–water partition coefficient (Wildman–Crippen LogP) is -0.735. The van der Waals surface area contributed by atoms with Gasteiger partial charge in [0.25, 0.3) is 0 Å². The van der Waals surface area contributed by atoms with E-state index in [0.717, 1.165) is 0 Å². The van der Waals surface area contributed by atoms with Crippen LogP contribution in [0.4, 0.5) is 0 Å². The monoisotopic (exact) mass is 322 g/mol. The molecule has 0 N–H and O–H groups in total. The Hall–Kier alpha value is 1.22. The van der Waals surface area contributed by atoms with Crippen molar-refractivity contribution in [2.45, 2.75) is 59.9 Å². The third-order valence-corrected chi connectivity index (χ3v) is 0. The van der Waals surface area contributed by atoms with Crippen molar-refractivity contribution in [1.29, 1.82) is 0 Å². The molecular weight excluding hydrogens is 301 g/mol. The summed E-state index contributed by atoms with van der Waals surface area (Å²) in [6.45, 7) is 9.67. The van der Waals surface area contributed by atoms with Crippen molar-refractivity contribution in [3.63, 3.8) is 0 Å². The van der Waals surface area contributed by atoms with Crippen LogP contribution in [0, 0.1) is 40.4 Å². The zero-order valence-corrected chi connectivity index (χ0v) is 12.3. The van der Waals surface area contributed by atoms with Crippen molar-refractivity contribution in [2.24, 2.45) is 0 Å². The number of hydrogen-bond donors (Lipinski definition) is 0. The summed E-state index contributed by atoms with van der Waals surface area (Å²) >= 11 is 0. The van der Waals surface area contributed by atoms with E-state index in [-0.39, 0.29) is 40.4 Å². The predicted molar refractivity (Wildman–Crippen MR) is 45.4 cm³/mol. The fourth-order valence-corrected chi connectivity index (χ4v) is 0. The molecular formula is C9H21O3Pm-3. The molecule has 0 aliphatic heterocycles. The van der Waals surface area contributed by atoms with Gasteiger partial charge < -0.3 is 15.3 Å². The van der Waals surface area contributed by atoms with E-state index in [1.54, 1.807) is 41.5 Å². The molecule has 0 rings (SSSR count). The van der Waals surface area contributed by atoms with E-state index in [1.807, 2.05) is 0 Å². The van der Waals surface area contributed by atoms with Gasteiger partial charge in [-0.05, 0) is 0 Å². The molecule has 0 spiro atoms. The molecule has 0 atom stereocenters. The molecule has 0 fully saturated rings. The topological polar surface area (TPSA) is 69.2 Å². The molecule has 0 heterocycles. The Morgan fingerprint density at radius 3 is 0.538 bits per heavy atom. The second-order valence-electron chi connectivity index (χ2n) is 3.15. The third-order valence-electron chi connectivity index (χ3n) is 0. The average molecular weight is 322 g/mol. The summed E-state index contributed by atoms with van der Waals surface area (Å²) in [5.74, 6) is 0. The molecule has 1 radical (unpaired) electrons. The van der Waals surface area contributed by atoms with E-state index < -0.39 is 18.3 Å². The van der Waals surface area contributed by atoms with Crippen LogP contribution in [0.15, 0.2) is 0 Å². The Bertz CT molecular complexity index is 43.4. The van der Waals surface area contributed by atoms with Gasteiger partial charge in [0.2, 0.25) is 0 Å². The fourth-order valence-electron chi connectivity index (χ4n) is 0. The molecule has 0 saturated heterocycles. The molecule has 4 heteroatoms. The van der Waals surface area contributed by atoms with Gasteiger partial charge >= 0.3 is 0 Å². The van der Waals surface area contributed by atoms with E-state index in [0.29, 0.717) is 0 Å². The first kappa shape index (κ1) is 23.8. The van der Waals surface area contributed by atoms with Gasteiger partial charge in [0, 0.05) is 40.4 Å². The smallest absolute Gasteiger partial charge is 0 e. The van der Waals surface area contributed by atoms with Gasteiger partial charge in [0.15, 0.2) is 0 Å². The number of rotatable bonds is 0. The van der Waals surface area contributed by atoms with E-state index in [9.17, 15) is 15.3 Å². The summed E-state index contributed by atoms with van der Waals surface area (Å²) in [5, 5.41) is 28.6. The fraction of sp³-hybridized carbons (Fsp3) is 1.00. The zero-order chi connectivity index (χ0) is 10.7. The van der Waals surface area contributed by atoms with E-state index in [2.05, 4.69) is 0 Å². The van der Waals surface area contributed by atoms with Gasteiger partial charge in [-0.3, -0.25) is 0 Å². The standard InChI is InChI=1S/3C3H7O.Pm/c3*1-3(2)4;/h3*3H,1-2H3;/q3*-1;. The maximum Gasteiger partial charge on any atom is 0 e. The Labute approximate surface area is 115 Å². The zero-order valence-electron chi connectivity index (χ0n) is 9.40. The van der Waals surface area contributed by atoms with Crippen molar-refractivity contribution < 1.29 is 55.7 Å². The Morgan fingerprint density at radius 1 is 0.538 bits per heavy atom. The third kappa shape index (κ3) is 1120. The van der Waals surface area contributed by atoms with Crippen molar-refractivity contribution in [3.05, 3.63) is 0 Å². The SMILES string of the molecule is CC(C)[O-].CC(C)[O-].CC(C)[O-].[Pm]. The Kier molecular flexibility index (Phi) is 34.6.